The highest BCUT2D eigenvalue weighted by Gasteiger charge is 2.30. The summed E-state index contributed by atoms with van der Waals surface area (Å²) >= 11 is 0. The van der Waals surface area contributed by atoms with E-state index in [0.717, 1.165) is 12.8 Å². The van der Waals surface area contributed by atoms with Crippen LogP contribution in [0.15, 0.2) is 35.7 Å². The van der Waals surface area contributed by atoms with Crippen LogP contribution in [-0.2, 0) is 16.6 Å². The lowest BCUT2D eigenvalue weighted by Crippen LogP contribution is -2.41. The second-order valence-electron chi connectivity index (χ2n) is 5.90. The molecule has 1 fully saturated rings. The van der Waals surface area contributed by atoms with E-state index >= 15 is 0 Å². The lowest BCUT2D eigenvalue weighted by atomic mass is 10.00. The Bertz CT molecular complexity index is 777. The Hall–Kier alpha value is -1.80. The Morgan fingerprint density at radius 3 is 2.91 bits per heavy atom. The normalized spacial score (nSPS) is 19.8. The van der Waals surface area contributed by atoms with Crippen molar-refractivity contribution in [3.63, 3.8) is 0 Å². The largest absolute Gasteiger partial charge is 0.253 e. The molecule has 6 nitrogen and oxygen atoms in total. The molecule has 2 heterocycles. The maximum Gasteiger partial charge on any atom is 0.243 e. The summed E-state index contributed by atoms with van der Waals surface area (Å²) in [6.07, 6.45) is 4.86. The van der Waals surface area contributed by atoms with Crippen LogP contribution in [0.25, 0.3) is 0 Å². The second kappa shape index (κ2) is 6.37. The van der Waals surface area contributed by atoms with Crippen molar-refractivity contribution in [3.8, 4) is 0 Å². The quantitative estimate of drug-likeness (QED) is 0.853. The average molecular weight is 338 g/mol. The maximum atomic E-state index is 13.4. The van der Waals surface area contributed by atoms with Crippen LogP contribution >= 0.6 is 0 Å². The van der Waals surface area contributed by atoms with E-state index in [1.165, 1.54) is 28.8 Å². The molecular weight excluding hydrogens is 319 g/mol. The van der Waals surface area contributed by atoms with Crippen molar-refractivity contribution in [2.24, 2.45) is 5.92 Å². The molecule has 3 rings (SSSR count). The van der Waals surface area contributed by atoms with Crippen LogP contribution in [-0.4, -0.2) is 40.6 Å². The summed E-state index contributed by atoms with van der Waals surface area (Å²) in [5.74, 6) is -0.201. The number of benzene rings is 1. The van der Waals surface area contributed by atoms with Crippen LogP contribution < -0.4 is 0 Å². The summed E-state index contributed by atoms with van der Waals surface area (Å²) in [6.45, 7) is 3.15. The molecule has 2 aromatic rings. The lowest BCUT2D eigenvalue weighted by molar-refractivity contribution is 0.239. The molecule has 0 amide bonds. The van der Waals surface area contributed by atoms with Gasteiger partial charge in [-0.3, -0.25) is 4.68 Å². The third kappa shape index (κ3) is 3.42. The first-order valence-corrected chi connectivity index (χ1v) is 8.99. The van der Waals surface area contributed by atoms with Gasteiger partial charge in [0, 0.05) is 19.6 Å². The average Bonchev–Trinajstić information content (AvgIpc) is 3.03. The van der Waals surface area contributed by atoms with Gasteiger partial charge in [0.05, 0.1) is 4.90 Å². The minimum atomic E-state index is -3.59. The predicted molar refractivity (Wildman–Crippen MR) is 82.6 cm³/mol. The van der Waals surface area contributed by atoms with E-state index in [9.17, 15) is 12.8 Å². The molecule has 8 heteroatoms. The number of aromatic nitrogens is 3. The highest BCUT2D eigenvalue weighted by molar-refractivity contribution is 7.89. The predicted octanol–water partition coefficient (Wildman–Crippen LogP) is 1.83. The molecular formula is C15H19FN4O2S. The van der Waals surface area contributed by atoms with Gasteiger partial charge in [0.1, 0.15) is 18.5 Å². The fourth-order valence-corrected chi connectivity index (χ4v) is 4.55. The number of hydrogen-bond acceptors (Lipinski definition) is 4. The highest BCUT2D eigenvalue weighted by atomic mass is 32.2. The molecule has 1 atom stereocenters. The van der Waals surface area contributed by atoms with E-state index in [-0.39, 0.29) is 10.8 Å². The Morgan fingerprint density at radius 1 is 1.39 bits per heavy atom. The van der Waals surface area contributed by atoms with Crippen molar-refractivity contribution in [2.75, 3.05) is 13.1 Å². The molecule has 0 N–H and O–H groups in total. The van der Waals surface area contributed by atoms with Crippen molar-refractivity contribution in [1.82, 2.24) is 19.1 Å². The van der Waals surface area contributed by atoms with Gasteiger partial charge in [-0.15, -0.1) is 0 Å². The fraction of sp³-hybridized carbons (Fsp3) is 0.467. The molecule has 1 aromatic carbocycles. The Morgan fingerprint density at radius 2 is 2.22 bits per heavy atom. The first kappa shape index (κ1) is 16.1. The second-order valence-corrected chi connectivity index (χ2v) is 7.84. The first-order valence-electron chi connectivity index (χ1n) is 7.55. The lowest BCUT2D eigenvalue weighted by Gasteiger charge is -2.31. The zero-order valence-corrected chi connectivity index (χ0v) is 13.7. The number of sulfonamides is 1. The molecule has 1 saturated heterocycles. The third-order valence-corrected chi connectivity index (χ3v) is 6.02. The zero-order valence-electron chi connectivity index (χ0n) is 12.9. The van der Waals surface area contributed by atoms with E-state index in [2.05, 4.69) is 10.1 Å². The smallest absolute Gasteiger partial charge is 0.243 e. The third-order valence-electron chi connectivity index (χ3n) is 4.16. The summed E-state index contributed by atoms with van der Waals surface area (Å²) in [5, 5.41) is 4.07. The summed E-state index contributed by atoms with van der Waals surface area (Å²) < 4.78 is 42.1. The van der Waals surface area contributed by atoms with Crippen molar-refractivity contribution in [1.29, 1.82) is 0 Å². The fourth-order valence-electron chi connectivity index (χ4n) is 2.91. The highest BCUT2D eigenvalue weighted by Crippen LogP contribution is 2.25. The van der Waals surface area contributed by atoms with Crippen LogP contribution in [0.5, 0.6) is 0 Å². The number of halogens is 1. The Kier molecular flexibility index (Phi) is 4.45. The molecule has 0 spiro atoms. The minimum Gasteiger partial charge on any atom is -0.253 e. The summed E-state index contributed by atoms with van der Waals surface area (Å²) in [7, 11) is -3.59. The van der Waals surface area contributed by atoms with Crippen molar-refractivity contribution in [3.05, 3.63) is 42.2 Å². The van der Waals surface area contributed by atoms with Crippen molar-refractivity contribution >= 4 is 10.0 Å². The Balaban J connectivity index is 1.77. The van der Waals surface area contributed by atoms with Crippen LogP contribution in [0.2, 0.25) is 0 Å². The van der Waals surface area contributed by atoms with E-state index in [1.807, 2.05) is 0 Å². The molecule has 1 aliphatic rings. The summed E-state index contributed by atoms with van der Waals surface area (Å²) in [5.41, 5.74) is 0.335. The summed E-state index contributed by atoms with van der Waals surface area (Å²) in [6, 6.07) is 3.93. The minimum absolute atomic E-state index is 0.151. The topological polar surface area (TPSA) is 68.1 Å². The number of hydrogen-bond donors (Lipinski definition) is 0. The van der Waals surface area contributed by atoms with E-state index in [4.69, 9.17) is 0 Å². The molecule has 0 bridgehead atoms. The molecule has 0 radical (unpaired) electrons. The van der Waals surface area contributed by atoms with Gasteiger partial charge in [-0.2, -0.15) is 9.40 Å². The summed E-state index contributed by atoms with van der Waals surface area (Å²) in [4.78, 5) is 4.06. The SMILES string of the molecule is Cc1cc(S(=O)(=O)N2CCCC(Cn3cncn3)C2)ccc1F. The number of piperidine rings is 1. The number of rotatable bonds is 4. The van der Waals surface area contributed by atoms with Gasteiger partial charge in [0.2, 0.25) is 10.0 Å². The van der Waals surface area contributed by atoms with Crippen molar-refractivity contribution in [2.45, 2.75) is 31.2 Å². The van der Waals surface area contributed by atoms with Gasteiger partial charge in [0.15, 0.2) is 0 Å². The van der Waals surface area contributed by atoms with Crippen LogP contribution in [0.4, 0.5) is 4.39 Å². The van der Waals surface area contributed by atoms with Crippen LogP contribution in [0, 0.1) is 18.7 Å². The van der Waals surface area contributed by atoms with Crippen LogP contribution in [0.3, 0.4) is 0 Å². The molecule has 1 unspecified atom stereocenters. The number of aryl methyl sites for hydroxylation is 1. The van der Waals surface area contributed by atoms with E-state index in [0.29, 0.717) is 25.2 Å². The Labute approximate surface area is 135 Å². The van der Waals surface area contributed by atoms with Crippen LogP contribution in [0.1, 0.15) is 18.4 Å². The van der Waals surface area contributed by atoms with Gasteiger partial charge in [0.25, 0.3) is 0 Å². The molecule has 1 aliphatic heterocycles. The molecule has 23 heavy (non-hydrogen) atoms. The maximum absolute atomic E-state index is 13.4. The van der Waals surface area contributed by atoms with Gasteiger partial charge in [-0.1, -0.05) is 0 Å². The van der Waals surface area contributed by atoms with Crippen molar-refractivity contribution < 1.29 is 12.8 Å². The van der Waals surface area contributed by atoms with Gasteiger partial charge < -0.3 is 0 Å². The van der Waals surface area contributed by atoms with E-state index < -0.39 is 15.8 Å². The van der Waals surface area contributed by atoms with Gasteiger partial charge in [-0.25, -0.2) is 17.8 Å². The molecule has 1 aromatic heterocycles. The standard InChI is InChI=1S/C15H19FN4O2S/c1-12-7-14(4-5-15(12)16)23(21,22)20-6-2-3-13(9-20)8-19-11-17-10-18-19/h4-5,7,10-11,13H,2-3,6,8-9H2,1H3. The monoisotopic (exact) mass is 338 g/mol. The number of nitrogens with zero attached hydrogens (tertiary/aromatic N) is 4. The molecule has 124 valence electrons. The molecule has 0 saturated carbocycles. The van der Waals surface area contributed by atoms with Gasteiger partial charge >= 0.3 is 0 Å². The zero-order chi connectivity index (χ0) is 16.4. The van der Waals surface area contributed by atoms with E-state index in [1.54, 1.807) is 17.9 Å². The van der Waals surface area contributed by atoms with Gasteiger partial charge in [-0.05, 0) is 49.4 Å². The molecule has 0 aliphatic carbocycles. The first-order chi connectivity index (χ1) is 11.0.